The third-order valence-corrected chi connectivity index (χ3v) is 6.51. The number of halogens is 1. The Bertz CT molecular complexity index is 1170. The molecule has 0 unspecified atom stereocenters. The van der Waals surface area contributed by atoms with Crippen LogP contribution < -0.4 is 0 Å². The normalized spacial score (nSPS) is 13.8. The van der Waals surface area contributed by atoms with E-state index < -0.39 is 0 Å². The van der Waals surface area contributed by atoms with E-state index in [0.29, 0.717) is 0 Å². The first-order valence-corrected chi connectivity index (χ1v) is 10.4. The van der Waals surface area contributed by atoms with Gasteiger partial charge in [0.05, 0.1) is 0 Å². The predicted octanol–water partition coefficient (Wildman–Crippen LogP) is 8.09. The van der Waals surface area contributed by atoms with E-state index in [-0.39, 0.29) is 5.41 Å². The number of rotatable bonds is 2. The molecule has 28 heavy (non-hydrogen) atoms. The van der Waals surface area contributed by atoms with Gasteiger partial charge in [0.15, 0.2) is 0 Å². The van der Waals surface area contributed by atoms with Crippen LogP contribution in [0.15, 0.2) is 95.5 Å². The summed E-state index contributed by atoms with van der Waals surface area (Å²) < 4.78 is 1.11. The summed E-state index contributed by atoms with van der Waals surface area (Å²) in [5.41, 5.74) is 10.6. The van der Waals surface area contributed by atoms with Crippen LogP contribution in [-0.4, -0.2) is 0 Å². The molecule has 5 rings (SSSR count). The topological polar surface area (TPSA) is 0 Å². The number of benzene rings is 4. The average molecular weight is 425 g/mol. The van der Waals surface area contributed by atoms with Crippen molar-refractivity contribution in [2.75, 3.05) is 0 Å². The molecule has 0 bridgehead atoms. The summed E-state index contributed by atoms with van der Waals surface area (Å²) in [6, 6.07) is 33.1. The lowest BCUT2D eigenvalue weighted by Gasteiger charge is -2.22. The molecule has 136 valence electrons. The van der Waals surface area contributed by atoms with Crippen molar-refractivity contribution in [3.05, 3.63) is 107 Å². The van der Waals surface area contributed by atoms with Gasteiger partial charge in [-0.15, -0.1) is 0 Å². The molecule has 0 fully saturated rings. The van der Waals surface area contributed by atoms with Crippen LogP contribution in [0.25, 0.3) is 33.4 Å². The van der Waals surface area contributed by atoms with Gasteiger partial charge in [0.25, 0.3) is 0 Å². The molecule has 0 atom stereocenters. The van der Waals surface area contributed by atoms with E-state index in [4.69, 9.17) is 0 Å². The standard InChI is InChI=1S/C27H21Br/c1-27(2)25-6-4-3-5-23(25)24-16-13-21(17-26(24)27)20-9-7-18(8-10-20)19-11-14-22(28)15-12-19/h3-17H,1-2H3. The van der Waals surface area contributed by atoms with Crippen LogP contribution in [0.2, 0.25) is 0 Å². The van der Waals surface area contributed by atoms with Crippen molar-refractivity contribution >= 4 is 15.9 Å². The highest BCUT2D eigenvalue weighted by Crippen LogP contribution is 2.49. The third-order valence-electron chi connectivity index (χ3n) is 5.98. The van der Waals surface area contributed by atoms with E-state index >= 15 is 0 Å². The van der Waals surface area contributed by atoms with E-state index in [1.54, 1.807) is 0 Å². The first-order chi connectivity index (χ1) is 13.5. The molecule has 0 saturated carbocycles. The molecular weight excluding hydrogens is 404 g/mol. The molecule has 4 aromatic rings. The zero-order valence-electron chi connectivity index (χ0n) is 16.0. The first-order valence-electron chi connectivity index (χ1n) is 9.65. The average Bonchev–Trinajstić information content (AvgIpc) is 2.96. The Morgan fingerprint density at radius 2 is 1.04 bits per heavy atom. The van der Waals surface area contributed by atoms with Crippen LogP contribution in [0, 0.1) is 0 Å². The zero-order chi connectivity index (χ0) is 19.3. The molecule has 0 radical (unpaired) electrons. The third kappa shape index (κ3) is 2.73. The van der Waals surface area contributed by atoms with Gasteiger partial charge in [-0.2, -0.15) is 0 Å². The van der Waals surface area contributed by atoms with Crippen LogP contribution in [0.5, 0.6) is 0 Å². The maximum absolute atomic E-state index is 3.50. The first kappa shape index (κ1) is 17.5. The number of hydrogen-bond donors (Lipinski definition) is 0. The molecule has 1 aliphatic rings. The molecule has 0 N–H and O–H groups in total. The van der Waals surface area contributed by atoms with Crippen LogP contribution >= 0.6 is 15.9 Å². The largest absolute Gasteiger partial charge is 0.0619 e. The fourth-order valence-corrected chi connectivity index (χ4v) is 4.65. The van der Waals surface area contributed by atoms with Crippen molar-refractivity contribution in [3.63, 3.8) is 0 Å². The quantitative estimate of drug-likeness (QED) is 0.304. The molecular formula is C27H21Br. The molecule has 0 aliphatic heterocycles. The monoisotopic (exact) mass is 424 g/mol. The van der Waals surface area contributed by atoms with E-state index in [9.17, 15) is 0 Å². The Hall–Kier alpha value is -2.64. The molecule has 0 aromatic heterocycles. The van der Waals surface area contributed by atoms with Crippen molar-refractivity contribution in [3.8, 4) is 33.4 Å². The molecule has 0 saturated heterocycles. The highest BCUT2D eigenvalue weighted by atomic mass is 79.9. The summed E-state index contributed by atoms with van der Waals surface area (Å²) in [5.74, 6) is 0. The summed E-state index contributed by atoms with van der Waals surface area (Å²) in [7, 11) is 0. The lowest BCUT2D eigenvalue weighted by Crippen LogP contribution is -2.14. The van der Waals surface area contributed by atoms with Gasteiger partial charge in [-0.25, -0.2) is 0 Å². The smallest absolute Gasteiger partial charge is 0.0175 e. The number of hydrogen-bond acceptors (Lipinski definition) is 0. The van der Waals surface area contributed by atoms with Gasteiger partial charge in [-0.05, 0) is 62.7 Å². The van der Waals surface area contributed by atoms with Gasteiger partial charge in [-0.1, -0.05) is 103 Å². The summed E-state index contributed by atoms with van der Waals surface area (Å²) in [6.45, 7) is 4.66. The highest BCUT2D eigenvalue weighted by molar-refractivity contribution is 9.10. The van der Waals surface area contributed by atoms with Gasteiger partial charge in [-0.3, -0.25) is 0 Å². The molecule has 1 heteroatoms. The van der Waals surface area contributed by atoms with Crippen LogP contribution in [-0.2, 0) is 5.41 Å². The Morgan fingerprint density at radius 1 is 0.536 bits per heavy atom. The Kier molecular flexibility index (Phi) is 4.03. The molecule has 0 nitrogen and oxygen atoms in total. The van der Waals surface area contributed by atoms with E-state index in [1.807, 2.05) is 0 Å². The molecule has 1 aliphatic carbocycles. The number of fused-ring (bicyclic) bond motifs is 3. The van der Waals surface area contributed by atoms with Crippen molar-refractivity contribution in [2.24, 2.45) is 0 Å². The van der Waals surface area contributed by atoms with Gasteiger partial charge in [0.2, 0.25) is 0 Å². The fraction of sp³-hybridized carbons (Fsp3) is 0.111. The second kappa shape index (κ2) is 6.46. The van der Waals surface area contributed by atoms with E-state index in [1.165, 1.54) is 44.5 Å². The SMILES string of the molecule is CC1(C)c2ccccc2-c2ccc(-c3ccc(-c4ccc(Br)cc4)cc3)cc21. The summed E-state index contributed by atoms with van der Waals surface area (Å²) >= 11 is 3.50. The van der Waals surface area contributed by atoms with Crippen molar-refractivity contribution in [1.29, 1.82) is 0 Å². The molecule has 0 heterocycles. The van der Waals surface area contributed by atoms with Crippen molar-refractivity contribution < 1.29 is 0 Å². The van der Waals surface area contributed by atoms with Crippen LogP contribution in [0.1, 0.15) is 25.0 Å². The summed E-state index contributed by atoms with van der Waals surface area (Å²) in [6.07, 6.45) is 0. The lowest BCUT2D eigenvalue weighted by molar-refractivity contribution is 0.660. The second-order valence-electron chi connectivity index (χ2n) is 8.02. The highest BCUT2D eigenvalue weighted by Gasteiger charge is 2.35. The maximum Gasteiger partial charge on any atom is 0.0175 e. The Labute approximate surface area is 175 Å². The molecule has 0 spiro atoms. The predicted molar refractivity (Wildman–Crippen MR) is 123 cm³/mol. The van der Waals surface area contributed by atoms with Gasteiger partial charge in [0.1, 0.15) is 0 Å². The molecule has 0 amide bonds. The van der Waals surface area contributed by atoms with Gasteiger partial charge >= 0.3 is 0 Å². The van der Waals surface area contributed by atoms with Gasteiger partial charge in [0, 0.05) is 9.89 Å². The Balaban J connectivity index is 1.54. The van der Waals surface area contributed by atoms with E-state index in [0.717, 1.165) is 4.47 Å². The summed E-state index contributed by atoms with van der Waals surface area (Å²) in [4.78, 5) is 0. The molecule has 4 aromatic carbocycles. The maximum atomic E-state index is 3.50. The van der Waals surface area contributed by atoms with Crippen molar-refractivity contribution in [2.45, 2.75) is 19.3 Å². The van der Waals surface area contributed by atoms with Crippen LogP contribution in [0.3, 0.4) is 0 Å². The van der Waals surface area contributed by atoms with Crippen molar-refractivity contribution in [1.82, 2.24) is 0 Å². The minimum Gasteiger partial charge on any atom is -0.0619 e. The minimum atomic E-state index is 0.0410. The van der Waals surface area contributed by atoms with Crippen LogP contribution in [0.4, 0.5) is 0 Å². The second-order valence-corrected chi connectivity index (χ2v) is 8.93. The minimum absolute atomic E-state index is 0.0410. The Morgan fingerprint density at radius 3 is 1.71 bits per heavy atom. The van der Waals surface area contributed by atoms with E-state index in [2.05, 4.69) is 121 Å². The zero-order valence-corrected chi connectivity index (χ0v) is 17.6. The fourth-order valence-electron chi connectivity index (χ4n) is 4.38. The summed E-state index contributed by atoms with van der Waals surface area (Å²) in [5, 5.41) is 0. The van der Waals surface area contributed by atoms with Gasteiger partial charge < -0.3 is 0 Å². The lowest BCUT2D eigenvalue weighted by atomic mass is 9.81.